The van der Waals surface area contributed by atoms with E-state index in [1.165, 1.54) is 15.9 Å². The average Bonchev–Trinajstić information content (AvgIpc) is 2.66. The van der Waals surface area contributed by atoms with Crippen LogP contribution in [0.5, 0.6) is 5.75 Å². The molecule has 2 aromatic carbocycles. The maximum absolute atomic E-state index is 13.8. The molecule has 3 N–H and O–H groups in total. The molecule has 6 heteroatoms. The number of hydrogen-bond donors (Lipinski definition) is 3. The molecule has 1 heterocycles. The van der Waals surface area contributed by atoms with Gasteiger partial charge in [0.25, 0.3) is 5.91 Å². The molecule has 1 fully saturated rings. The Bertz CT molecular complexity index is 746. The van der Waals surface area contributed by atoms with Crippen molar-refractivity contribution in [3.8, 4) is 5.75 Å². The van der Waals surface area contributed by atoms with E-state index in [0.717, 1.165) is 44.0 Å². The monoisotopic (exact) mass is 373 g/mol. The van der Waals surface area contributed by atoms with Gasteiger partial charge in [-0.3, -0.25) is 4.79 Å². The van der Waals surface area contributed by atoms with Gasteiger partial charge >= 0.3 is 0 Å². The molecule has 0 unspecified atom stereocenters. The molecule has 1 amide bonds. The number of benzene rings is 2. The van der Waals surface area contributed by atoms with Crippen LogP contribution >= 0.6 is 0 Å². The first kappa shape index (κ1) is 19.3. The Morgan fingerprint density at radius 3 is 2.48 bits per heavy atom. The second-order valence-corrected chi connectivity index (χ2v) is 7.12. The average molecular weight is 373 g/mol. The molecular formula is C21H28FN3O2+2. The molecule has 27 heavy (non-hydrogen) atoms. The van der Waals surface area contributed by atoms with Crippen LogP contribution in [0.3, 0.4) is 0 Å². The van der Waals surface area contributed by atoms with E-state index in [1.807, 2.05) is 37.3 Å². The first-order valence-electron chi connectivity index (χ1n) is 9.51. The lowest BCUT2D eigenvalue weighted by atomic mass is 10.2. The van der Waals surface area contributed by atoms with E-state index >= 15 is 0 Å². The second-order valence-electron chi connectivity index (χ2n) is 7.12. The minimum atomic E-state index is -0.383. The van der Waals surface area contributed by atoms with Crippen LogP contribution in [0.4, 0.5) is 10.1 Å². The third-order valence-corrected chi connectivity index (χ3v) is 4.94. The molecule has 1 aliphatic heterocycles. The first-order chi connectivity index (χ1) is 13.1. The lowest BCUT2D eigenvalue weighted by molar-refractivity contribution is -1.01. The highest BCUT2D eigenvalue weighted by atomic mass is 19.1. The van der Waals surface area contributed by atoms with Crippen molar-refractivity contribution in [3.05, 3.63) is 59.9 Å². The molecule has 0 aromatic heterocycles. The van der Waals surface area contributed by atoms with E-state index < -0.39 is 0 Å². The fourth-order valence-electron chi connectivity index (χ4n) is 3.36. The predicted octanol–water partition coefficient (Wildman–Crippen LogP) is -0.0650. The number of halogens is 1. The van der Waals surface area contributed by atoms with Crippen LogP contribution < -0.4 is 19.9 Å². The minimum absolute atomic E-state index is 0.136. The number of anilines is 1. The van der Waals surface area contributed by atoms with Gasteiger partial charge in [0.1, 0.15) is 50.9 Å². The molecule has 0 atom stereocenters. The van der Waals surface area contributed by atoms with E-state index in [0.29, 0.717) is 13.2 Å². The number of nitrogens with one attached hydrogen (secondary N) is 3. The molecule has 3 rings (SSSR count). The summed E-state index contributed by atoms with van der Waals surface area (Å²) in [6.45, 7) is 7.76. The van der Waals surface area contributed by atoms with Crippen LogP contribution in [0.2, 0.25) is 0 Å². The van der Waals surface area contributed by atoms with Crippen LogP contribution in [-0.2, 0) is 4.79 Å². The Hall–Kier alpha value is -2.44. The number of carbonyl (C=O) groups is 1. The maximum atomic E-state index is 13.8. The highest BCUT2D eigenvalue weighted by Gasteiger charge is 2.24. The summed E-state index contributed by atoms with van der Waals surface area (Å²) >= 11 is 0. The fraction of sp³-hybridized carbons (Fsp3) is 0.381. The van der Waals surface area contributed by atoms with Crippen LogP contribution in [0.15, 0.2) is 48.5 Å². The molecule has 0 spiro atoms. The lowest BCUT2D eigenvalue weighted by Gasteiger charge is -2.29. The number of hydrogen-bond acceptors (Lipinski definition) is 2. The minimum Gasteiger partial charge on any atom is -0.488 e. The number of piperazine rings is 1. The maximum Gasteiger partial charge on any atom is 0.279 e. The van der Waals surface area contributed by atoms with Gasteiger partial charge in [0.15, 0.2) is 6.54 Å². The number of ether oxygens (including phenoxy) is 1. The summed E-state index contributed by atoms with van der Waals surface area (Å²) in [5, 5.41) is 2.69. The summed E-state index contributed by atoms with van der Waals surface area (Å²) in [6.07, 6.45) is 0. The molecular weight excluding hydrogens is 345 g/mol. The van der Waals surface area contributed by atoms with Gasteiger partial charge in [-0.1, -0.05) is 24.3 Å². The SMILES string of the molecule is Cc1ccc(NC(=O)C[NH+]2CC[NH+](CCOc3ccccc3)CC2)c(F)c1. The Kier molecular flexibility index (Phi) is 6.79. The van der Waals surface area contributed by atoms with Gasteiger partial charge in [-0.25, -0.2) is 4.39 Å². The Balaban J connectivity index is 1.35. The molecule has 2 aromatic rings. The fourth-order valence-corrected chi connectivity index (χ4v) is 3.36. The normalized spacial score (nSPS) is 19.5. The molecule has 5 nitrogen and oxygen atoms in total. The zero-order chi connectivity index (χ0) is 19.1. The van der Waals surface area contributed by atoms with Crippen molar-refractivity contribution in [1.29, 1.82) is 0 Å². The largest absolute Gasteiger partial charge is 0.488 e. The number of quaternary nitrogens is 2. The Morgan fingerprint density at radius 1 is 1.07 bits per heavy atom. The number of aryl methyl sites for hydroxylation is 1. The van der Waals surface area contributed by atoms with Crippen LogP contribution in [0, 0.1) is 12.7 Å². The topological polar surface area (TPSA) is 47.2 Å². The molecule has 1 aliphatic rings. The standard InChI is InChI=1S/C21H26FN3O2/c1-17-7-8-20(19(22)15-17)23-21(26)16-25-11-9-24(10-12-25)13-14-27-18-5-3-2-4-6-18/h2-8,15H,9-14,16H2,1H3,(H,23,26)/p+2. The van der Waals surface area contributed by atoms with E-state index in [-0.39, 0.29) is 17.4 Å². The lowest BCUT2D eigenvalue weighted by Crippen LogP contribution is -3.28. The zero-order valence-corrected chi connectivity index (χ0v) is 15.8. The van der Waals surface area contributed by atoms with Crippen LogP contribution in [-0.4, -0.2) is 51.8 Å². The first-order valence-corrected chi connectivity index (χ1v) is 9.51. The molecule has 0 bridgehead atoms. The molecule has 0 saturated carbocycles. The second kappa shape index (κ2) is 9.48. The third kappa shape index (κ3) is 6.05. The van der Waals surface area contributed by atoms with Gasteiger partial charge in [-0.05, 0) is 36.8 Å². The summed E-state index contributed by atoms with van der Waals surface area (Å²) in [7, 11) is 0. The number of carbonyl (C=O) groups excluding carboxylic acids is 1. The van der Waals surface area contributed by atoms with Gasteiger partial charge < -0.3 is 19.9 Å². The van der Waals surface area contributed by atoms with Crippen molar-refractivity contribution < 1.29 is 23.7 Å². The van der Waals surface area contributed by atoms with Crippen molar-refractivity contribution in [3.63, 3.8) is 0 Å². The summed E-state index contributed by atoms with van der Waals surface area (Å²) in [4.78, 5) is 14.9. The number of para-hydroxylation sites is 1. The van der Waals surface area contributed by atoms with Gasteiger partial charge in [-0.15, -0.1) is 0 Å². The van der Waals surface area contributed by atoms with Gasteiger partial charge in [-0.2, -0.15) is 0 Å². The van der Waals surface area contributed by atoms with E-state index in [9.17, 15) is 9.18 Å². The summed E-state index contributed by atoms with van der Waals surface area (Å²) in [6, 6.07) is 14.7. The molecule has 0 aliphatic carbocycles. The van der Waals surface area contributed by atoms with E-state index in [4.69, 9.17) is 4.74 Å². The molecule has 1 saturated heterocycles. The Labute approximate surface area is 159 Å². The highest BCUT2D eigenvalue weighted by molar-refractivity contribution is 5.91. The smallest absolute Gasteiger partial charge is 0.279 e. The van der Waals surface area contributed by atoms with Gasteiger partial charge in [0, 0.05) is 0 Å². The van der Waals surface area contributed by atoms with Gasteiger partial charge in [0.2, 0.25) is 0 Å². The Morgan fingerprint density at radius 2 is 1.78 bits per heavy atom. The zero-order valence-electron chi connectivity index (χ0n) is 15.8. The summed E-state index contributed by atoms with van der Waals surface area (Å²) < 4.78 is 19.6. The highest BCUT2D eigenvalue weighted by Crippen LogP contribution is 2.14. The van der Waals surface area contributed by atoms with Crippen molar-refractivity contribution in [2.24, 2.45) is 0 Å². The molecule has 144 valence electrons. The number of amides is 1. The van der Waals surface area contributed by atoms with Crippen LogP contribution in [0.25, 0.3) is 0 Å². The van der Waals surface area contributed by atoms with Crippen molar-refractivity contribution in [1.82, 2.24) is 0 Å². The van der Waals surface area contributed by atoms with Crippen LogP contribution in [0.1, 0.15) is 5.56 Å². The quantitative estimate of drug-likeness (QED) is 0.637. The predicted molar refractivity (Wildman–Crippen MR) is 103 cm³/mol. The van der Waals surface area contributed by atoms with E-state index in [1.54, 1.807) is 12.1 Å². The van der Waals surface area contributed by atoms with Crippen molar-refractivity contribution in [2.75, 3.05) is 51.2 Å². The van der Waals surface area contributed by atoms with Crippen molar-refractivity contribution >= 4 is 11.6 Å². The van der Waals surface area contributed by atoms with Gasteiger partial charge in [0.05, 0.1) is 5.69 Å². The summed E-state index contributed by atoms with van der Waals surface area (Å²) in [5.41, 5.74) is 1.10. The molecule has 0 radical (unpaired) electrons. The van der Waals surface area contributed by atoms with Crippen molar-refractivity contribution in [2.45, 2.75) is 6.92 Å². The summed E-state index contributed by atoms with van der Waals surface area (Å²) in [5.74, 6) is 0.385. The third-order valence-electron chi connectivity index (χ3n) is 4.94. The number of rotatable bonds is 7. The van der Waals surface area contributed by atoms with E-state index in [2.05, 4.69) is 5.32 Å².